The monoisotopic (exact) mass is 711 g/mol. The molecule has 4 atom stereocenters. The van der Waals surface area contributed by atoms with Gasteiger partial charge in [0, 0.05) is 56.3 Å². The van der Waals surface area contributed by atoms with Crippen LogP contribution >= 0.6 is 0 Å². The van der Waals surface area contributed by atoms with Crippen LogP contribution in [0.2, 0.25) is 0 Å². The van der Waals surface area contributed by atoms with Crippen LogP contribution in [-0.4, -0.2) is 116 Å². The summed E-state index contributed by atoms with van der Waals surface area (Å²) in [5, 5.41) is 5.55. The minimum Gasteiger partial charge on any atom is -0.444 e. The number of nitrogens with zero attached hydrogens (tertiary/aromatic N) is 3. The van der Waals surface area contributed by atoms with Gasteiger partial charge in [0.2, 0.25) is 21.8 Å². The van der Waals surface area contributed by atoms with Crippen molar-refractivity contribution in [1.82, 2.24) is 24.7 Å². The molecule has 2 N–H and O–H groups in total. The molecule has 3 amide bonds. The molecule has 3 heterocycles. The third kappa shape index (κ3) is 10.3. The number of hydrogen-bond acceptors (Lipinski definition) is 8. The van der Waals surface area contributed by atoms with Crippen molar-refractivity contribution in [2.75, 3.05) is 45.6 Å². The van der Waals surface area contributed by atoms with Crippen molar-refractivity contribution in [1.29, 1.82) is 0 Å². The summed E-state index contributed by atoms with van der Waals surface area (Å²) in [6.45, 7) is 9.05. The smallest absolute Gasteiger partial charge is 0.411 e. The fraction of sp³-hybridized carbons (Fsp3) is 0.528. The number of likely N-dealkylation sites (tertiary alicyclic amines) is 1. The number of hydrogen-bond donors (Lipinski definition) is 2. The van der Waals surface area contributed by atoms with E-state index in [1.807, 2.05) is 36.4 Å². The molecule has 3 fully saturated rings. The SMILES string of the molecule is CC(C)(C)OC(=O)N1C[C@@H](F)C[C@H]1C(=O)N[C@@H]1C[C@H](C(=O)NCc2ccc(C#Cc3ccc(CN4CCOCC4)cc3)cc2)N(S(C)(=O)=O)C1. The summed E-state index contributed by atoms with van der Waals surface area (Å²) < 4.78 is 51.4. The Hall–Kier alpha value is -4.03. The van der Waals surface area contributed by atoms with Crippen LogP contribution in [0, 0.1) is 11.8 Å². The third-order valence-corrected chi connectivity index (χ3v) is 10.0. The highest BCUT2D eigenvalue weighted by atomic mass is 32.2. The molecule has 5 rings (SSSR count). The molecule has 270 valence electrons. The summed E-state index contributed by atoms with van der Waals surface area (Å²) in [4.78, 5) is 42.5. The normalized spacial score (nSPS) is 23.2. The van der Waals surface area contributed by atoms with Crippen LogP contribution in [0.15, 0.2) is 48.5 Å². The highest BCUT2D eigenvalue weighted by Crippen LogP contribution is 2.26. The number of rotatable bonds is 8. The maximum absolute atomic E-state index is 14.3. The van der Waals surface area contributed by atoms with Crippen LogP contribution in [0.3, 0.4) is 0 Å². The van der Waals surface area contributed by atoms with Gasteiger partial charge < -0.3 is 20.1 Å². The number of carbonyl (C=O) groups is 3. The maximum Gasteiger partial charge on any atom is 0.411 e. The summed E-state index contributed by atoms with van der Waals surface area (Å²) in [6, 6.07) is 12.7. The Morgan fingerprint density at radius 1 is 0.900 bits per heavy atom. The minimum atomic E-state index is -3.81. The van der Waals surface area contributed by atoms with Gasteiger partial charge in [-0.2, -0.15) is 4.31 Å². The number of halogens is 1. The van der Waals surface area contributed by atoms with Gasteiger partial charge in [0.15, 0.2) is 0 Å². The Labute approximate surface area is 293 Å². The zero-order valence-electron chi connectivity index (χ0n) is 29.0. The van der Waals surface area contributed by atoms with E-state index in [4.69, 9.17) is 9.47 Å². The van der Waals surface area contributed by atoms with E-state index in [1.165, 1.54) is 5.56 Å². The molecule has 3 aliphatic heterocycles. The molecule has 50 heavy (non-hydrogen) atoms. The second kappa shape index (κ2) is 15.9. The fourth-order valence-electron chi connectivity index (χ4n) is 6.24. The van der Waals surface area contributed by atoms with Crippen LogP contribution in [0.4, 0.5) is 9.18 Å². The Bertz CT molecular complexity index is 1700. The molecular formula is C36H46FN5O7S. The molecule has 2 aromatic carbocycles. The number of ether oxygens (including phenoxy) is 2. The number of sulfonamides is 1. The van der Waals surface area contributed by atoms with Crippen molar-refractivity contribution >= 4 is 27.9 Å². The highest BCUT2D eigenvalue weighted by Gasteiger charge is 2.45. The molecule has 2 aromatic rings. The van der Waals surface area contributed by atoms with Gasteiger partial charge >= 0.3 is 6.09 Å². The Kier molecular flexibility index (Phi) is 11.8. The Morgan fingerprint density at radius 3 is 2.08 bits per heavy atom. The molecule has 3 saturated heterocycles. The summed E-state index contributed by atoms with van der Waals surface area (Å²) in [5.41, 5.74) is 2.91. The van der Waals surface area contributed by atoms with Gasteiger partial charge in [0.05, 0.1) is 26.0 Å². The van der Waals surface area contributed by atoms with Gasteiger partial charge in [-0.3, -0.25) is 19.4 Å². The average molecular weight is 712 g/mol. The molecule has 0 aliphatic carbocycles. The quantitative estimate of drug-likeness (QED) is 0.399. The molecule has 12 nitrogen and oxygen atoms in total. The van der Waals surface area contributed by atoms with Crippen LogP contribution in [0.1, 0.15) is 55.9 Å². The predicted octanol–water partition coefficient (Wildman–Crippen LogP) is 2.40. The molecule has 0 unspecified atom stereocenters. The van der Waals surface area contributed by atoms with E-state index >= 15 is 0 Å². The van der Waals surface area contributed by atoms with E-state index in [9.17, 15) is 27.2 Å². The number of carbonyl (C=O) groups excluding carboxylic acids is 3. The maximum atomic E-state index is 14.3. The van der Waals surface area contributed by atoms with E-state index < -0.39 is 57.8 Å². The van der Waals surface area contributed by atoms with Gasteiger partial charge in [0.25, 0.3) is 0 Å². The molecule has 0 bridgehead atoms. The van der Waals surface area contributed by atoms with Crippen LogP contribution in [0.5, 0.6) is 0 Å². The lowest BCUT2D eigenvalue weighted by atomic mass is 10.1. The predicted molar refractivity (Wildman–Crippen MR) is 185 cm³/mol. The zero-order chi connectivity index (χ0) is 36.1. The van der Waals surface area contributed by atoms with Gasteiger partial charge in [-0.1, -0.05) is 36.1 Å². The first kappa shape index (κ1) is 37.2. The van der Waals surface area contributed by atoms with E-state index in [2.05, 4.69) is 39.5 Å². The van der Waals surface area contributed by atoms with Gasteiger partial charge in [-0.25, -0.2) is 17.6 Å². The number of alkyl halides is 1. The molecule has 0 aromatic heterocycles. The first-order valence-electron chi connectivity index (χ1n) is 16.8. The van der Waals surface area contributed by atoms with Crippen molar-refractivity contribution in [2.45, 2.75) is 76.6 Å². The van der Waals surface area contributed by atoms with Gasteiger partial charge in [-0.15, -0.1) is 0 Å². The first-order chi connectivity index (χ1) is 23.6. The van der Waals surface area contributed by atoms with Crippen molar-refractivity contribution in [3.05, 3.63) is 70.8 Å². The van der Waals surface area contributed by atoms with E-state index in [1.54, 1.807) is 20.8 Å². The largest absolute Gasteiger partial charge is 0.444 e. The molecule has 0 radical (unpaired) electrons. The number of benzene rings is 2. The van der Waals surface area contributed by atoms with Gasteiger partial charge in [0.1, 0.15) is 23.9 Å². The second-order valence-corrected chi connectivity index (χ2v) is 16.0. The van der Waals surface area contributed by atoms with Crippen molar-refractivity contribution in [3.8, 4) is 11.8 Å². The minimum absolute atomic E-state index is 0.0194. The van der Waals surface area contributed by atoms with Crippen molar-refractivity contribution in [3.63, 3.8) is 0 Å². The number of nitrogens with one attached hydrogen (secondary N) is 2. The zero-order valence-corrected chi connectivity index (χ0v) is 29.8. The average Bonchev–Trinajstić information content (AvgIpc) is 3.68. The van der Waals surface area contributed by atoms with Crippen LogP contribution < -0.4 is 10.6 Å². The molecule has 3 aliphatic rings. The van der Waals surface area contributed by atoms with Crippen LogP contribution in [-0.2, 0) is 42.2 Å². The highest BCUT2D eigenvalue weighted by molar-refractivity contribution is 7.88. The Morgan fingerprint density at radius 2 is 1.50 bits per heavy atom. The molecule has 0 saturated carbocycles. The second-order valence-electron chi connectivity index (χ2n) is 14.0. The van der Waals surface area contributed by atoms with E-state index in [-0.39, 0.29) is 32.5 Å². The third-order valence-electron chi connectivity index (χ3n) is 8.75. The Balaban J connectivity index is 1.14. The number of amides is 3. The topological polar surface area (TPSA) is 138 Å². The summed E-state index contributed by atoms with van der Waals surface area (Å²) in [7, 11) is -3.81. The lowest BCUT2D eigenvalue weighted by Crippen LogP contribution is -2.50. The van der Waals surface area contributed by atoms with Crippen LogP contribution in [0.25, 0.3) is 0 Å². The summed E-state index contributed by atoms with van der Waals surface area (Å²) >= 11 is 0. The molecular weight excluding hydrogens is 665 g/mol. The molecule has 0 spiro atoms. The lowest BCUT2D eigenvalue weighted by molar-refractivity contribution is -0.126. The summed E-state index contributed by atoms with van der Waals surface area (Å²) in [6.07, 6.45) is -1.39. The number of morpholine rings is 1. The van der Waals surface area contributed by atoms with Crippen molar-refractivity contribution in [2.24, 2.45) is 0 Å². The van der Waals surface area contributed by atoms with E-state index in [0.29, 0.717) is 0 Å². The van der Waals surface area contributed by atoms with E-state index in [0.717, 1.165) is 65.0 Å². The van der Waals surface area contributed by atoms with Gasteiger partial charge in [-0.05, 0) is 62.6 Å². The standard InChI is InChI=1S/C36H46FN5O7S/c1-36(2,3)49-35(45)41-23-29(37)19-31(41)34(44)39-30-20-32(42(24-30)50(4,46)47)33(43)38-21-27-11-7-25(8-12-27)5-6-26-9-13-28(14-10-26)22-40-15-17-48-18-16-40/h7-14,29-32H,15-24H2,1-4H3,(H,38,43)(H,39,44)/t29-,30+,31-,32+/m0/s1. The first-order valence-corrected chi connectivity index (χ1v) is 18.7. The summed E-state index contributed by atoms with van der Waals surface area (Å²) in [5.74, 6) is 5.21. The molecule has 14 heteroatoms. The van der Waals surface area contributed by atoms with Crippen molar-refractivity contribution < 1.29 is 36.7 Å². The fourth-order valence-corrected chi connectivity index (χ4v) is 7.33. The lowest BCUT2D eigenvalue weighted by Gasteiger charge is -2.28.